The number of nitrogens with one attached hydrogen (secondary N) is 1. The molecule has 0 unspecified atom stereocenters. The molecular formula is C24H22N4O4. The zero-order chi connectivity index (χ0) is 22.1. The van der Waals surface area contributed by atoms with Crippen LogP contribution < -0.4 is 10.9 Å². The van der Waals surface area contributed by atoms with E-state index in [0.717, 1.165) is 37.7 Å². The van der Waals surface area contributed by atoms with Gasteiger partial charge in [-0.15, -0.1) is 0 Å². The van der Waals surface area contributed by atoms with Gasteiger partial charge in [-0.3, -0.25) is 19.0 Å². The third-order valence-electron chi connectivity index (χ3n) is 5.74. The molecule has 5 rings (SSSR count). The minimum absolute atomic E-state index is 0.0943. The van der Waals surface area contributed by atoms with Crippen molar-refractivity contribution in [3.63, 3.8) is 0 Å². The van der Waals surface area contributed by atoms with Crippen molar-refractivity contribution in [3.05, 3.63) is 70.8 Å². The Kier molecular flexibility index (Phi) is 5.18. The molecule has 0 bridgehead atoms. The number of aromatic nitrogens is 2. The minimum Gasteiger partial charge on any atom is -0.448 e. The van der Waals surface area contributed by atoms with Crippen LogP contribution in [0.4, 0.5) is 5.69 Å². The number of piperidine rings is 1. The first-order valence-corrected chi connectivity index (χ1v) is 10.7. The zero-order valence-electron chi connectivity index (χ0n) is 17.4. The Hall–Kier alpha value is -3.94. The van der Waals surface area contributed by atoms with Gasteiger partial charge < -0.3 is 14.6 Å². The Labute approximate surface area is 183 Å². The van der Waals surface area contributed by atoms with Gasteiger partial charge >= 0.3 is 0 Å². The minimum atomic E-state index is -0.431. The van der Waals surface area contributed by atoms with Crippen LogP contribution >= 0.6 is 0 Å². The van der Waals surface area contributed by atoms with Crippen LogP contribution in [0.5, 0.6) is 0 Å². The molecule has 1 N–H and O–H groups in total. The molecule has 0 spiro atoms. The molecule has 32 heavy (non-hydrogen) atoms. The number of fused-ring (bicyclic) bond motifs is 3. The molecule has 3 heterocycles. The Balaban J connectivity index is 1.38. The summed E-state index contributed by atoms with van der Waals surface area (Å²) >= 11 is 0. The van der Waals surface area contributed by atoms with Crippen molar-refractivity contribution in [3.8, 4) is 0 Å². The molecular weight excluding hydrogens is 408 g/mol. The third kappa shape index (κ3) is 3.64. The molecule has 1 aliphatic heterocycles. The average molecular weight is 430 g/mol. The van der Waals surface area contributed by atoms with E-state index >= 15 is 0 Å². The van der Waals surface area contributed by atoms with Crippen LogP contribution in [0.1, 0.15) is 29.6 Å². The summed E-state index contributed by atoms with van der Waals surface area (Å²) in [6.07, 6.45) is 4.44. The van der Waals surface area contributed by atoms with Gasteiger partial charge in [-0.1, -0.05) is 24.3 Å². The number of benzene rings is 2. The molecule has 8 heteroatoms. The summed E-state index contributed by atoms with van der Waals surface area (Å²) in [4.78, 5) is 44.7. The molecule has 8 nitrogen and oxygen atoms in total. The highest BCUT2D eigenvalue weighted by molar-refractivity contribution is 6.04. The lowest BCUT2D eigenvalue weighted by Crippen LogP contribution is -2.36. The summed E-state index contributed by atoms with van der Waals surface area (Å²) in [5, 5.41) is 3.53. The zero-order valence-corrected chi connectivity index (χ0v) is 17.4. The lowest BCUT2D eigenvalue weighted by Gasteiger charge is -2.27. The van der Waals surface area contributed by atoms with Crippen LogP contribution in [-0.4, -0.2) is 39.4 Å². The summed E-state index contributed by atoms with van der Waals surface area (Å²) in [6.45, 7) is 1.20. The number of anilines is 1. The SMILES string of the molecule is O=C(Cn1cnc2c(oc3ccccc32)c1=O)Nc1ccccc1C(=O)N1CCCCC1. The second kappa shape index (κ2) is 8.30. The van der Waals surface area contributed by atoms with E-state index in [1.165, 1.54) is 10.9 Å². The van der Waals surface area contributed by atoms with E-state index in [2.05, 4.69) is 10.3 Å². The molecule has 1 aliphatic rings. The highest BCUT2D eigenvalue weighted by Gasteiger charge is 2.21. The fourth-order valence-corrected chi connectivity index (χ4v) is 4.12. The fourth-order valence-electron chi connectivity index (χ4n) is 4.12. The summed E-state index contributed by atoms with van der Waals surface area (Å²) in [6, 6.07) is 14.2. The molecule has 2 aromatic carbocycles. The van der Waals surface area contributed by atoms with Crippen molar-refractivity contribution in [1.29, 1.82) is 0 Å². The molecule has 162 valence electrons. The van der Waals surface area contributed by atoms with Crippen molar-refractivity contribution in [2.45, 2.75) is 25.8 Å². The van der Waals surface area contributed by atoms with Crippen molar-refractivity contribution in [1.82, 2.24) is 14.5 Å². The number of hydrogen-bond donors (Lipinski definition) is 1. The summed E-state index contributed by atoms with van der Waals surface area (Å²) in [5.74, 6) is -0.522. The van der Waals surface area contributed by atoms with Gasteiger partial charge in [0.25, 0.3) is 11.5 Å². The first kappa shape index (κ1) is 20.0. The Morgan fingerprint density at radius 3 is 2.59 bits per heavy atom. The van der Waals surface area contributed by atoms with E-state index in [0.29, 0.717) is 22.4 Å². The quantitative estimate of drug-likeness (QED) is 0.535. The molecule has 0 atom stereocenters. The number of hydrogen-bond acceptors (Lipinski definition) is 5. The molecule has 1 fully saturated rings. The largest absolute Gasteiger partial charge is 0.448 e. The molecule has 2 amide bonds. The van der Waals surface area contributed by atoms with E-state index in [1.54, 1.807) is 30.3 Å². The predicted octanol–water partition coefficient (Wildman–Crippen LogP) is 3.41. The first-order valence-electron chi connectivity index (χ1n) is 10.7. The maximum Gasteiger partial charge on any atom is 0.297 e. The van der Waals surface area contributed by atoms with Crippen molar-refractivity contribution < 1.29 is 14.0 Å². The predicted molar refractivity (Wildman–Crippen MR) is 121 cm³/mol. The number of rotatable bonds is 4. The maximum atomic E-state index is 12.9. The van der Waals surface area contributed by atoms with Crippen LogP contribution in [0.25, 0.3) is 22.1 Å². The van der Waals surface area contributed by atoms with Crippen LogP contribution in [0.2, 0.25) is 0 Å². The van der Waals surface area contributed by atoms with Crippen LogP contribution in [-0.2, 0) is 11.3 Å². The van der Waals surface area contributed by atoms with Crippen LogP contribution in [0.15, 0.2) is 64.1 Å². The highest BCUT2D eigenvalue weighted by Crippen LogP contribution is 2.24. The standard InChI is InChI=1S/C24H22N4O4/c29-20(26-18-10-4-2-8-16(18)23(30)27-12-6-1-7-13-27)14-28-15-25-21-17-9-3-5-11-19(17)32-22(21)24(28)31/h2-5,8-11,15H,1,6-7,12-14H2,(H,26,29). The van der Waals surface area contributed by atoms with Gasteiger partial charge in [-0.05, 0) is 43.5 Å². The number of carbonyl (C=O) groups excluding carboxylic acids is 2. The van der Waals surface area contributed by atoms with Gasteiger partial charge in [0.2, 0.25) is 11.5 Å². The second-order valence-corrected chi connectivity index (χ2v) is 7.90. The molecule has 0 saturated carbocycles. The Morgan fingerprint density at radius 1 is 1.00 bits per heavy atom. The Morgan fingerprint density at radius 2 is 1.75 bits per heavy atom. The first-order chi connectivity index (χ1) is 15.6. The number of nitrogens with zero attached hydrogens (tertiary/aromatic N) is 3. The fraction of sp³-hybridized carbons (Fsp3) is 0.250. The normalized spacial score (nSPS) is 14.1. The van der Waals surface area contributed by atoms with Crippen molar-refractivity contribution in [2.24, 2.45) is 0 Å². The maximum absolute atomic E-state index is 12.9. The third-order valence-corrected chi connectivity index (χ3v) is 5.74. The summed E-state index contributed by atoms with van der Waals surface area (Å²) in [5.41, 5.74) is 1.60. The van der Waals surface area contributed by atoms with Gasteiger partial charge in [0.1, 0.15) is 17.6 Å². The summed E-state index contributed by atoms with van der Waals surface area (Å²) in [7, 11) is 0. The number of para-hydroxylation sites is 2. The molecule has 4 aromatic rings. The monoisotopic (exact) mass is 430 g/mol. The van der Waals surface area contributed by atoms with Crippen molar-refractivity contribution >= 4 is 39.6 Å². The van der Waals surface area contributed by atoms with Crippen LogP contribution in [0, 0.1) is 0 Å². The lowest BCUT2D eigenvalue weighted by atomic mass is 10.1. The number of amides is 2. The smallest absolute Gasteiger partial charge is 0.297 e. The van der Waals surface area contributed by atoms with Crippen LogP contribution in [0.3, 0.4) is 0 Å². The van der Waals surface area contributed by atoms with Gasteiger partial charge in [-0.2, -0.15) is 0 Å². The lowest BCUT2D eigenvalue weighted by molar-refractivity contribution is -0.116. The van der Waals surface area contributed by atoms with Gasteiger partial charge in [-0.25, -0.2) is 4.98 Å². The van der Waals surface area contributed by atoms with Gasteiger partial charge in [0.05, 0.1) is 17.6 Å². The number of furan rings is 1. The van der Waals surface area contributed by atoms with Gasteiger partial charge in [0, 0.05) is 18.5 Å². The number of carbonyl (C=O) groups is 2. The summed E-state index contributed by atoms with van der Waals surface area (Å²) < 4.78 is 6.87. The topological polar surface area (TPSA) is 97.4 Å². The molecule has 0 radical (unpaired) electrons. The van der Waals surface area contributed by atoms with E-state index in [9.17, 15) is 14.4 Å². The average Bonchev–Trinajstić information content (AvgIpc) is 3.21. The molecule has 0 aliphatic carbocycles. The Bertz CT molecular complexity index is 1380. The highest BCUT2D eigenvalue weighted by atomic mass is 16.3. The second-order valence-electron chi connectivity index (χ2n) is 7.90. The number of likely N-dealkylation sites (tertiary alicyclic amines) is 1. The van der Waals surface area contributed by atoms with E-state index < -0.39 is 11.5 Å². The van der Waals surface area contributed by atoms with Gasteiger partial charge in [0.15, 0.2) is 0 Å². The van der Waals surface area contributed by atoms with Crippen molar-refractivity contribution in [2.75, 3.05) is 18.4 Å². The molecule has 1 saturated heterocycles. The van der Waals surface area contributed by atoms with E-state index in [4.69, 9.17) is 4.42 Å². The van der Waals surface area contributed by atoms with E-state index in [-0.39, 0.29) is 18.0 Å². The van der Waals surface area contributed by atoms with E-state index in [1.807, 2.05) is 23.1 Å². The molecule has 2 aromatic heterocycles.